The molecule has 0 aromatic carbocycles. The van der Waals surface area contributed by atoms with E-state index in [9.17, 15) is 9.59 Å². The molecule has 24 heavy (non-hydrogen) atoms. The number of amides is 3. The second kappa shape index (κ2) is 7.68. The summed E-state index contributed by atoms with van der Waals surface area (Å²) in [5.41, 5.74) is -0.462. The Morgan fingerprint density at radius 2 is 1.96 bits per heavy atom. The Morgan fingerprint density at radius 3 is 2.50 bits per heavy atom. The van der Waals surface area contributed by atoms with Crippen LogP contribution in [0, 0.1) is 6.92 Å². The average molecular weight is 336 g/mol. The van der Waals surface area contributed by atoms with Crippen LogP contribution in [0.15, 0.2) is 10.6 Å². The summed E-state index contributed by atoms with van der Waals surface area (Å²) < 4.78 is 4.93. The number of nitrogens with one attached hydrogen (secondary N) is 2. The lowest BCUT2D eigenvalue weighted by Gasteiger charge is -2.36. The summed E-state index contributed by atoms with van der Waals surface area (Å²) in [6.07, 6.45) is 5.54. The minimum Gasteiger partial charge on any atom is -0.360 e. The number of aromatic nitrogens is 1. The number of urea groups is 1. The summed E-state index contributed by atoms with van der Waals surface area (Å²) in [7, 11) is 0. The molecule has 0 aliphatic heterocycles. The van der Waals surface area contributed by atoms with Gasteiger partial charge < -0.3 is 20.1 Å². The number of hydrogen-bond acceptors (Lipinski definition) is 4. The van der Waals surface area contributed by atoms with Crippen molar-refractivity contribution >= 4 is 17.8 Å². The lowest BCUT2D eigenvalue weighted by atomic mass is 9.95. The largest absolute Gasteiger partial charge is 0.360 e. The highest BCUT2D eigenvalue weighted by Crippen LogP contribution is 2.19. The highest BCUT2D eigenvalue weighted by molar-refractivity contribution is 5.93. The second-order valence-corrected chi connectivity index (χ2v) is 7.41. The van der Waals surface area contributed by atoms with Crippen LogP contribution in [0.25, 0.3) is 0 Å². The van der Waals surface area contributed by atoms with Crippen LogP contribution in [0.3, 0.4) is 0 Å². The number of nitrogens with zero attached hydrogens (tertiary/aromatic N) is 2. The molecular formula is C17H28N4O3. The van der Waals surface area contributed by atoms with Crippen LogP contribution in [-0.2, 0) is 4.79 Å². The molecule has 7 nitrogen and oxygen atoms in total. The molecule has 2 N–H and O–H groups in total. The van der Waals surface area contributed by atoms with Crippen LogP contribution < -0.4 is 10.6 Å². The number of carbonyl (C=O) groups excluding carboxylic acids is 2. The van der Waals surface area contributed by atoms with Crippen LogP contribution in [-0.4, -0.2) is 40.1 Å². The molecular weight excluding hydrogens is 308 g/mol. The topological polar surface area (TPSA) is 87.5 Å². The maximum absolute atomic E-state index is 12.7. The van der Waals surface area contributed by atoms with E-state index in [2.05, 4.69) is 15.8 Å². The van der Waals surface area contributed by atoms with Crippen LogP contribution >= 0.6 is 0 Å². The van der Waals surface area contributed by atoms with Gasteiger partial charge in [0, 0.05) is 17.6 Å². The van der Waals surface area contributed by atoms with E-state index in [1.54, 1.807) is 17.9 Å². The van der Waals surface area contributed by atoms with E-state index >= 15 is 0 Å². The first-order chi connectivity index (χ1) is 11.3. The molecule has 134 valence electrons. The monoisotopic (exact) mass is 336 g/mol. The van der Waals surface area contributed by atoms with Gasteiger partial charge >= 0.3 is 6.03 Å². The molecule has 1 fully saturated rings. The van der Waals surface area contributed by atoms with Gasteiger partial charge in [-0.25, -0.2) is 4.79 Å². The van der Waals surface area contributed by atoms with Crippen molar-refractivity contribution in [3.63, 3.8) is 0 Å². The van der Waals surface area contributed by atoms with Crippen LogP contribution in [0.5, 0.6) is 0 Å². The molecule has 0 saturated heterocycles. The fraction of sp³-hybridized carbons (Fsp3) is 0.706. The molecule has 2 rings (SSSR count). The van der Waals surface area contributed by atoms with Crippen molar-refractivity contribution in [1.29, 1.82) is 0 Å². The van der Waals surface area contributed by atoms with E-state index in [0.29, 0.717) is 11.6 Å². The maximum Gasteiger partial charge on any atom is 0.318 e. The van der Waals surface area contributed by atoms with Crippen molar-refractivity contribution in [2.45, 2.75) is 71.4 Å². The minimum atomic E-state index is -0.462. The van der Waals surface area contributed by atoms with Gasteiger partial charge in [-0.1, -0.05) is 24.4 Å². The molecule has 1 aliphatic rings. The SMILES string of the molecule is Cc1cc(NC(=O)CN(C(=O)NC2CCCCC2)C(C)(C)C)no1. The molecule has 7 heteroatoms. The van der Waals surface area contributed by atoms with Gasteiger partial charge in [0.25, 0.3) is 0 Å². The fourth-order valence-corrected chi connectivity index (χ4v) is 2.86. The Labute approximate surface area is 143 Å². The summed E-state index contributed by atoms with van der Waals surface area (Å²) in [6.45, 7) is 7.47. The zero-order chi connectivity index (χ0) is 17.7. The molecule has 0 unspecified atom stereocenters. The van der Waals surface area contributed by atoms with Crippen molar-refractivity contribution in [2.24, 2.45) is 0 Å². The molecule has 1 saturated carbocycles. The Kier molecular flexibility index (Phi) is 5.85. The van der Waals surface area contributed by atoms with E-state index in [1.165, 1.54) is 6.42 Å². The third-order valence-corrected chi connectivity index (χ3v) is 4.18. The van der Waals surface area contributed by atoms with Crippen molar-refractivity contribution in [1.82, 2.24) is 15.4 Å². The molecule has 1 aromatic rings. The molecule has 1 heterocycles. The number of hydrogen-bond donors (Lipinski definition) is 2. The van der Waals surface area contributed by atoms with Gasteiger partial charge in [0.05, 0.1) is 0 Å². The standard InChI is InChI=1S/C17H28N4O3/c1-12-10-14(20-24-12)19-15(22)11-21(17(2,3)4)16(23)18-13-8-6-5-7-9-13/h10,13H,5-9,11H2,1-4H3,(H,18,23)(H,19,20,22). The molecule has 0 radical (unpaired) electrons. The van der Waals surface area contributed by atoms with Crippen molar-refractivity contribution in [3.8, 4) is 0 Å². The fourth-order valence-electron chi connectivity index (χ4n) is 2.86. The molecule has 1 aromatic heterocycles. The van der Waals surface area contributed by atoms with Gasteiger partial charge in [0.2, 0.25) is 5.91 Å². The van der Waals surface area contributed by atoms with Gasteiger partial charge in [-0.3, -0.25) is 4.79 Å². The Morgan fingerprint density at radius 1 is 1.29 bits per heavy atom. The summed E-state index contributed by atoms with van der Waals surface area (Å²) in [6, 6.07) is 1.65. The molecule has 0 spiro atoms. The van der Waals surface area contributed by atoms with Crippen LogP contribution in [0.2, 0.25) is 0 Å². The van der Waals surface area contributed by atoms with E-state index in [-0.39, 0.29) is 24.5 Å². The van der Waals surface area contributed by atoms with Crippen LogP contribution in [0.1, 0.15) is 58.6 Å². The minimum absolute atomic E-state index is 0.0338. The average Bonchev–Trinajstić information content (AvgIpc) is 2.89. The van der Waals surface area contributed by atoms with Gasteiger partial charge in [-0.05, 0) is 40.5 Å². The maximum atomic E-state index is 12.7. The normalized spacial score (nSPS) is 15.8. The van der Waals surface area contributed by atoms with Crippen molar-refractivity contribution in [2.75, 3.05) is 11.9 Å². The molecule has 1 aliphatic carbocycles. The number of rotatable bonds is 4. The summed E-state index contributed by atoms with van der Waals surface area (Å²) >= 11 is 0. The van der Waals surface area contributed by atoms with Gasteiger partial charge in [0.15, 0.2) is 5.82 Å². The first kappa shape index (κ1) is 18.3. The summed E-state index contributed by atoms with van der Waals surface area (Å²) in [5.74, 6) is 0.684. The lowest BCUT2D eigenvalue weighted by molar-refractivity contribution is -0.117. The molecule has 0 bridgehead atoms. The summed E-state index contributed by atoms with van der Waals surface area (Å²) in [5, 5.41) is 9.47. The van der Waals surface area contributed by atoms with Gasteiger partial charge in [-0.2, -0.15) is 0 Å². The predicted molar refractivity (Wildman–Crippen MR) is 91.7 cm³/mol. The highest BCUT2D eigenvalue weighted by atomic mass is 16.5. The lowest BCUT2D eigenvalue weighted by Crippen LogP contribution is -2.55. The second-order valence-electron chi connectivity index (χ2n) is 7.41. The first-order valence-electron chi connectivity index (χ1n) is 8.57. The third-order valence-electron chi connectivity index (χ3n) is 4.18. The number of carbonyl (C=O) groups is 2. The van der Waals surface area contributed by atoms with Crippen LogP contribution in [0.4, 0.5) is 10.6 Å². The highest BCUT2D eigenvalue weighted by Gasteiger charge is 2.30. The van der Waals surface area contributed by atoms with Gasteiger partial charge in [-0.15, -0.1) is 0 Å². The van der Waals surface area contributed by atoms with Crippen molar-refractivity contribution in [3.05, 3.63) is 11.8 Å². The first-order valence-corrected chi connectivity index (χ1v) is 8.57. The van der Waals surface area contributed by atoms with Gasteiger partial charge in [0.1, 0.15) is 12.3 Å². The number of anilines is 1. The van der Waals surface area contributed by atoms with E-state index in [1.807, 2.05) is 20.8 Å². The quantitative estimate of drug-likeness (QED) is 0.884. The molecule has 3 amide bonds. The number of aryl methyl sites for hydroxylation is 1. The predicted octanol–water partition coefficient (Wildman–Crippen LogP) is 3.06. The molecule has 0 atom stereocenters. The smallest absolute Gasteiger partial charge is 0.318 e. The van der Waals surface area contributed by atoms with E-state index in [0.717, 1.165) is 25.7 Å². The zero-order valence-electron chi connectivity index (χ0n) is 15.0. The summed E-state index contributed by atoms with van der Waals surface area (Å²) in [4.78, 5) is 26.5. The zero-order valence-corrected chi connectivity index (χ0v) is 15.0. The Balaban J connectivity index is 1.96. The van der Waals surface area contributed by atoms with Crippen molar-refractivity contribution < 1.29 is 14.1 Å². The third kappa shape index (κ3) is 5.25. The van der Waals surface area contributed by atoms with E-state index in [4.69, 9.17) is 4.52 Å². The Bertz CT molecular complexity index is 571. The van der Waals surface area contributed by atoms with E-state index < -0.39 is 5.54 Å². The Hall–Kier alpha value is -2.05.